The van der Waals surface area contributed by atoms with Crippen LogP contribution in [0.4, 0.5) is 4.39 Å². The quantitative estimate of drug-likeness (QED) is 0.541. The normalized spacial score (nSPS) is 18.2. The summed E-state index contributed by atoms with van der Waals surface area (Å²) in [5.74, 6) is -0.903. The van der Waals surface area contributed by atoms with Crippen LogP contribution in [0.1, 0.15) is 33.5 Å². The lowest BCUT2D eigenvalue weighted by Crippen LogP contribution is -2.45. The van der Waals surface area contributed by atoms with E-state index in [-0.39, 0.29) is 5.82 Å². The zero-order valence-electron chi connectivity index (χ0n) is 16.1. The highest BCUT2D eigenvalue weighted by Gasteiger charge is 2.48. The molecule has 0 spiro atoms. The summed E-state index contributed by atoms with van der Waals surface area (Å²) < 4.78 is 16.1. The zero-order valence-corrected chi connectivity index (χ0v) is 16.1. The average molecular weight is 379 g/mol. The van der Waals surface area contributed by atoms with Gasteiger partial charge in [0.2, 0.25) is 0 Å². The minimum absolute atomic E-state index is 0.326. The predicted octanol–water partition coefficient (Wildman–Crippen LogP) is 3.48. The Morgan fingerprint density at radius 2 is 2.00 bits per heavy atom. The van der Waals surface area contributed by atoms with Crippen LogP contribution >= 0.6 is 0 Å². The molecule has 144 valence electrons. The predicted molar refractivity (Wildman–Crippen MR) is 103 cm³/mol. The molecule has 4 rings (SSSR count). The van der Waals surface area contributed by atoms with Gasteiger partial charge in [-0.1, -0.05) is 24.3 Å². The molecule has 2 N–H and O–H groups in total. The fraction of sp³-hybridized carbons (Fsp3) is 0.273. The van der Waals surface area contributed by atoms with Crippen molar-refractivity contribution in [1.82, 2.24) is 15.3 Å². The van der Waals surface area contributed by atoms with Crippen molar-refractivity contribution in [3.05, 3.63) is 81.9 Å². The van der Waals surface area contributed by atoms with Gasteiger partial charge in [0.25, 0.3) is 5.91 Å². The van der Waals surface area contributed by atoms with Crippen molar-refractivity contribution in [2.45, 2.75) is 39.0 Å². The van der Waals surface area contributed by atoms with Crippen LogP contribution in [0.3, 0.4) is 0 Å². The molecule has 1 aliphatic rings. The van der Waals surface area contributed by atoms with Crippen LogP contribution in [0.2, 0.25) is 0 Å². The summed E-state index contributed by atoms with van der Waals surface area (Å²) in [6, 6.07) is 10.9. The van der Waals surface area contributed by atoms with Crippen LogP contribution in [0.5, 0.6) is 0 Å². The Labute approximate surface area is 162 Å². The highest BCUT2D eigenvalue weighted by Crippen LogP contribution is 2.42. The lowest BCUT2D eigenvalue weighted by Gasteiger charge is -2.29. The van der Waals surface area contributed by atoms with Crippen molar-refractivity contribution >= 4 is 5.91 Å². The molecule has 5 nitrogen and oxygen atoms in total. The van der Waals surface area contributed by atoms with E-state index in [9.17, 15) is 14.4 Å². The maximum absolute atomic E-state index is 14.3. The van der Waals surface area contributed by atoms with E-state index in [4.69, 9.17) is 0 Å². The van der Waals surface area contributed by atoms with Crippen molar-refractivity contribution in [3.8, 4) is 5.69 Å². The summed E-state index contributed by atoms with van der Waals surface area (Å²) in [6.07, 6.45) is 2.44. The molecule has 1 amide bonds. The summed E-state index contributed by atoms with van der Waals surface area (Å²) in [7, 11) is 0. The van der Waals surface area contributed by atoms with Gasteiger partial charge in [-0.15, -0.1) is 0 Å². The molecule has 0 aliphatic heterocycles. The molecule has 0 saturated carbocycles. The maximum atomic E-state index is 14.3. The second kappa shape index (κ2) is 6.56. The Balaban J connectivity index is 1.87. The first-order valence-corrected chi connectivity index (χ1v) is 9.21. The first-order valence-electron chi connectivity index (χ1n) is 9.21. The van der Waals surface area contributed by atoms with Crippen molar-refractivity contribution in [3.63, 3.8) is 0 Å². The van der Waals surface area contributed by atoms with Crippen LogP contribution in [0.15, 0.2) is 42.6 Å². The Morgan fingerprint density at radius 1 is 1.21 bits per heavy atom. The third kappa shape index (κ3) is 2.64. The van der Waals surface area contributed by atoms with Crippen LogP contribution in [-0.2, 0) is 23.1 Å². The number of hydroxylamine groups is 1. The molecular formula is C22H22FN3O2. The van der Waals surface area contributed by atoms with Gasteiger partial charge in [-0.05, 0) is 67.1 Å². The third-order valence-corrected chi connectivity index (χ3v) is 5.83. The summed E-state index contributed by atoms with van der Waals surface area (Å²) in [4.78, 5) is 12.8. The Morgan fingerprint density at radius 3 is 2.75 bits per heavy atom. The lowest BCUT2D eigenvalue weighted by atomic mass is 9.75. The first-order chi connectivity index (χ1) is 13.4. The Bertz CT molecular complexity index is 1090. The van der Waals surface area contributed by atoms with Crippen LogP contribution in [0, 0.1) is 26.6 Å². The number of nitrogens with one attached hydrogen (secondary N) is 1. The molecule has 28 heavy (non-hydrogen) atoms. The van der Waals surface area contributed by atoms with Gasteiger partial charge in [-0.25, -0.2) is 14.6 Å². The standard InChI is InChI=1S/C22H22FN3O2/c1-13-7-8-14(2)19(9-13)26-20-11-22(21(27)25-28,10-16(20)12-24-26)17-5-4-6-18(23)15(17)3/h4-9,12,28H,10-11H2,1-3H3,(H,25,27)/t22-/m0/s1. The number of carbonyl (C=O) groups excluding carboxylic acids is 1. The largest absolute Gasteiger partial charge is 0.289 e. The van der Waals surface area contributed by atoms with Crippen molar-refractivity contribution in [1.29, 1.82) is 0 Å². The van der Waals surface area contributed by atoms with E-state index >= 15 is 0 Å². The Hall–Kier alpha value is -2.99. The third-order valence-electron chi connectivity index (χ3n) is 5.83. The molecule has 3 aromatic rings. The zero-order chi connectivity index (χ0) is 20.1. The number of halogens is 1. The van der Waals surface area contributed by atoms with Gasteiger partial charge in [0.05, 0.1) is 17.3 Å². The molecule has 6 heteroatoms. The van der Waals surface area contributed by atoms with Crippen LogP contribution in [-0.4, -0.2) is 20.9 Å². The molecule has 1 atom stereocenters. The van der Waals surface area contributed by atoms with E-state index in [2.05, 4.69) is 11.2 Å². The molecule has 0 fully saturated rings. The van der Waals surface area contributed by atoms with Crippen molar-refractivity contribution in [2.75, 3.05) is 0 Å². The number of hydrogen-bond donors (Lipinski definition) is 2. The molecule has 0 radical (unpaired) electrons. The van der Waals surface area contributed by atoms with E-state index in [0.29, 0.717) is 24.0 Å². The molecule has 1 aliphatic carbocycles. The average Bonchev–Trinajstić information content (AvgIpc) is 3.24. The minimum atomic E-state index is -1.08. The second-order valence-electron chi connectivity index (χ2n) is 7.61. The topological polar surface area (TPSA) is 67.2 Å². The van der Waals surface area contributed by atoms with Crippen molar-refractivity contribution < 1.29 is 14.4 Å². The number of carbonyl (C=O) groups is 1. The van der Waals surface area contributed by atoms with Gasteiger partial charge in [-0.3, -0.25) is 10.0 Å². The number of aryl methyl sites for hydroxylation is 2. The van der Waals surface area contributed by atoms with Crippen LogP contribution in [0.25, 0.3) is 5.69 Å². The monoisotopic (exact) mass is 379 g/mol. The van der Waals surface area contributed by atoms with Gasteiger partial charge in [0.1, 0.15) is 5.82 Å². The van der Waals surface area contributed by atoms with Crippen molar-refractivity contribution in [2.24, 2.45) is 0 Å². The second-order valence-corrected chi connectivity index (χ2v) is 7.61. The number of aromatic nitrogens is 2. The summed E-state index contributed by atoms with van der Waals surface area (Å²) in [5, 5.41) is 14.0. The van der Waals surface area contributed by atoms with Gasteiger partial charge in [0, 0.05) is 12.1 Å². The van der Waals surface area contributed by atoms with Gasteiger partial charge < -0.3 is 0 Å². The molecule has 1 aromatic heterocycles. The highest BCUT2D eigenvalue weighted by molar-refractivity contribution is 5.89. The smallest absolute Gasteiger partial charge is 0.254 e. The SMILES string of the molecule is Cc1ccc(C)c(-n2ncc3c2C[C@](C(=O)NO)(c2cccc(F)c2C)C3)c1. The molecule has 1 heterocycles. The number of amides is 1. The van der Waals surface area contributed by atoms with Crippen LogP contribution < -0.4 is 5.48 Å². The molecule has 0 bridgehead atoms. The highest BCUT2D eigenvalue weighted by atomic mass is 19.1. The Kier molecular flexibility index (Phi) is 4.31. The number of hydrogen-bond acceptors (Lipinski definition) is 3. The van der Waals surface area contributed by atoms with E-state index in [0.717, 1.165) is 28.1 Å². The summed E-state index contributed by atoms with van der Waals surface area (Å²) >= 11 is 0. The fourth-order valence-corrected chi connectivity index (χ4v) is 4.28. The number of nitrogens with zero attached hydrogens (tertiary/aromatic N) is 2. The van der Waals surface area contributed by atoms with E-state index in [1.807, 2.05) is 30.7 Å². The summed E-state index contributed by atoms with van der Waals surface area (Å²) in [5.41, 5.74) is 6.71. The number of fused-ring (bicyclic) bond motifs is 1. The van der Waals surface area contributed by atoms with E-state index < -0.39 is 11.3 Å². The van der Waals surface area contributed by atoms with E-state index in [1.54, 1.807) is 30.7 Å². The first kappa shape index (κ1) is 18.4. The van der Waals surface area contributed by atoms with Gasteiger partial charge >= 0.3 is 0 Å². The molecule has 2 aromatic carbocycles. The lowest BCUT2D eigenvalue weighted by molar-refractivity contribution is -0.135. The molecule has 0 unspecified atom stereocenters. The number of rotatable bonds is 3. The van der Waals surface area contributed by atoms with Gasteiger partial charge in [0.15, 0.2) is 0 Å². The minimum Gasteiger partial charge on any atom is -0.289 e. The molecular weight excluding hydrogens is 357 g/mol. The van der Waals surface area contributed by atoms with E-state index in [1.165, 1.54) is 6.07 Å². The fourth-order valence-electron chi connectivity index (χ4n) is 4.28. The summed E-state index contributed by atoms with van der Waals surface area (Å²) in [6.45, 7) is 5.70. The van der Waals surface area contributed by atoms with Gasteiger partial charge in [-0.2, -0.15) is 5.10 Å². The maximum Gasteiger partial charge on any atom is 0.254 e. The molecule has 0 saturated heterocycles. The number of benzene rings is 2.